The largest absolute Gasteiger partial charge is 0.380 e. The summed E-state index contributed by atoms with van der Waals surface area (Å²) < 4.78 is 5.36. The standard InChI is InChI=1S/C12H23N3OS/c1-5-10-11(9-13-3)17-12(14-10)15(4)7-8-16-6-2/h13H,5-9H2,1-4H3. The number of ether oxygens (including phenoxy) is 1. The molecule has 0 fully saturated rings. The Kier molecular flexibility index (Phi) is 6.47. The Morgan fingerprint density at radius 1 is 1.41 bits per heavy atom. The summed E-state index contributed by atoms with van der Waals surface area (Å²) in [5.41, 5.74) is 1.21. The molecule has 0 aliphatic carbocycles. The molecular weight excluding hydrogens is 234 g/mol. The zero-order chi connectivity index (χ0) is 12.7. The van der Waals surface area contributed by atoms with E-state index < -0.39 is 0 Å². The maximum atomic E-state index is 5.36. The SMILES string of the molecule is CCOCCN(C)c1nc(CC)c(CNC)s1. The Morgan fingerprint density at radius 3 is 2.76 bits per heavy atom. The van der Waals surface area contributed by atoms with Gasteiger partial charge in [0, 0.05) is 31.6 Å². The predicted octanol–water partition coefficient (Wildman–Crippen LogP) is 1.90. The molecule has 0 bridgehead atoms. The van der Waals surface area contributed by atoms with Gasteiger partial charge in [0.2, 0.25) is 0 Å². The summed E-state index contributed by atoms with van der Waals surface area (Å²) in [6.07, 6.45) is 0.993. The highest BCUT2D eigenvalue weighted by atomic mass is 32.1. The lowest BCUT2D eigenvalue weighted by molar-refractivity contribution is 0.154. The molecule has 1 rings (SSSR count). The van der Waals surface area contributed by atoms with Crippen molar-refractivity contribution < 1.29 is 4.74 Å². The molecule has 1 heterocycles. The van der Waals surface area contributed by atoms with Gasteiger partial charge >= 0.3 is 0 Å². The highest BCUT2D eigenvalue weighted by Gasteiger charge is 2.11. The monoisotopic (exact) mass is 257 g/mol. The third-order valence-electron chi connectivity index (χ3n) is 2.54. The third-order valence-corrected chi connectivity index (χ3v) is 3.75. The van der Waals surface area contributed by atoms with Crippen LogP contribution in [-0.2, 0) is 17.7 Å². The van der Waals surface area contributed by atoms with Crippen molar-refractivity contribution in [2.24, 2.45) is 0 Å². The molecule has 0 unspecified atom stereocenters. The summed E-state index contributed by atoms with van der Waals surface area (Å²) in [7, 11) is 4.04. The van der Waals surface area contributed by atoms with E-state index in [0.717, 1.165) is 37.9 Å². The van der Waals surface area contributed by atoms with E-state index in [1.807, 2.05) is 14.0 Å². The van der Waals surface area contributed by atoms with Gasteiger partial charge in [0.05, 0.1) is 12.3 Å². The van der Waals surface area contributed by atoms with E-state index in [2.05, 4.69) is 29.2 Å². The van der Waals surface area contributed by atoms with Gasteiger partial charge in [0.25, 0.3) is 0 Å². The van der Waals surface area contributed by atoms with Crippen LogP contribution < -0.4 is 10.2 Å². The number of aromatic nitrogens is 1. The molecule has 0 saturated carbocycles. The minimum Gasteiger partial charge on any atom is -0.380 e. The van der Waals surface area contributed by atoms with Crippen molar-refractivity contribution in [3.05, 3.63) is 10.6 Å². The molecule has 0 amide bonds. The molecule has 1 aromatic heterocycles. The quantitative estimate of drug-likeness (QED) is 0.722. The number of hydrogen-bond acceptors (Lipinski definition) is 5. The van der Waals surface area contributed by atoms with Crippen LogP contribution in [0.3, 0.4) is 0 Å². The lowest BCUT2D eigenvalue weighted by atomic mass is 10.3. The van der Waals surface area contributed by atoms with E-state index in [9.17, 15) is 0 Å². The van der Waals surface area contributed by atoms with Gasteiger partial charge in [-0.3, -0.25) is 0 Å². The van der Waals surface area contributed by atoms with E-state index in [0.29, 0.717) is 0 Å². The fourth-order valence-corrected chi connectivity index (χ4v) is 2.70. The maximum absolute atomic E-state index is 5.36. The maximum Gasteiger partial charge on any atom is 0.185 e. The Balaban J connectivity index is 2.63. The summed E-state index contributed by atoms with van der Waals surface area (Å²) >= 11 is 1.77. The number of anilines is 1. The Labute approximate surface area is 108 Å². The van der Waals surface area contributed by atoms with Crippen molar-refractivity contribution in [2.75, 3.05) is 38.8 Å². The first-order valence-electron chi connectivity index (χ1n) is 6.14. The average molecular weight is 257 g/mol. The number of hydrogen-bond donors (Lipinski definition) is 1. The van der Waals surface area contributed by atoms with Crippen LogP contribution in [0, 0.1) is 0 Å². The van der Waals surface area contributed by atoms with E-state index in [1.54, 1.807) is 11.3 Å². The Bertz CT molecular complexity index is 328. The normalized spacial score (nSPS) is 10.8. The molecule has 0 aliphatic rings. The number of nitrogens with zero attached hydrogens (tertiary/aromatic N) is 2. The number of thiazole rings is 1. The van der Waals surface area contributed by atoms with Crippen LogP contribution in [0.5, 0.6) is 0 Å². The van der Waals surface area contributed by atoms with Crippen LogP contribution in [0.25, 0.3) is 0 Å². The summed E-state index contributed by atoms with van der Waals surface area (Å²) in [4.78, 5) is 8.18. The van der Waals surface area contributed by atoms with Crippen molar-refractivity contribution >= 4 is 16.5 Å². The summed E-state index contributed by atoms with van der Waals surface area (Å²) in [6.45, 7) is 7.50. The van der Waals surface area contributed by atoms with Gasteiger partial charge < -0.3 is 15.0 Å². The molecule has 4 nitrogen and oxygen atoms in total. The van der Waals surface area contributed by atoms with Gasteiger partial charge in [-0.15, -0.1) is 11.3 Å². The second kappa shape index (κ2) is 7.63. The molecule has 1 aromatic rings. The molecule has 1 N–H and O–H groups in total. The number of aryl methyl sites for hydroxylation is 1. The summed E-state index contributed by atoms with van der Waals surface area (Å²) in [5.74, 6) is 0. The van der Waals surface area contributed by atoms with Gasteiger partial charge in [-0.05, 0) is 20.4 Å². The molecule has 0 radical (unpaired) electrons. The average Bonchev–Trinajstić information content (AvgIpc) is 2.73. The smallest absolute Gasteiger partial charge is 0.185 e. The molecule has 0 atom stereocenters. The lowest BCUT2D eigenvalue weighted by Crippen LogP contribution is -2.22. The van der Waals surface area contributed by atoms with Crippen molar-refractivity contribution in [3.63, 3.8) is 0 Å². The summed E-state index contributed by atoms with van der Waals surface area (Å²) in [5, 5.41) is 4.28. The first kappa shape index (κ1) is 14.4. The molecule has 0 spiro atoms. The molecular formula is C12H23N3OS. The van der Waals surface area contributed by atoms with Crippen molar-refractivity contribution in [3.8, 4) is 0 Å². The molecule has 0 aliphatic heterocycles. The zero-order valence-electron chi connectivity index (χ0n) is 11.2. The van der Waals surface area contributed by atoms with Gasteiger partial charge in [0.15, 0.2) is 5.13 Å². The van der Waals surface area contributed by atoms with Crippen LogP contribution in [0.4, 0.5) is 5.13 Å². The second-order valence-electron chi connectivity index (χ2n) is 3.87. The predicted molar refractivity (Wildman–Crippen MR) is 74.0 cm³/mol. The molecule has 0 saturated heterocycles. The highest BCUT2D eigenvalue weighted by Crippen LogP contribution is 2.25. The number of rotatable bonds is 8. The molecule has 5 heteroatoms. The van der Waals surface area contributed by atoms with E-state index in [-0.39, 0.29) is 0 Å². The van der Waals surface area contributed by atoms with Gasteiger partial charge in [0.1, 0.15) is 0 Å². The van der Waals surface area contributed by atoms with Crippen LogP contribution in [0.2, 0.25) is 0 Å². The van der Waals surface area contributed by atoms with E-state index in [4.69, 9.17) is 4.74 Å². The minimum atomic E-state index is 0.759. The van der Waals surface area contributed by atoms with E-state index in [1.165, 1.54) is 10.6 Å². The second-order valence-corrected chi connectivity index (χ2v) is 4.93. The van der Waals surface area contributed by atoms with E-state index >= 15 is 0 Å². The summed E-state index contributed by atoms with van der Waals surface area (Å²) in [6, 6.07) is 0. The highest BCUT2D eigenvalue weighted by molar-refractivity contribution is 7.15. The first-order valence-corrected chi connectivity index (χ1v) is 6.96. The molecule has 98 valence electrons. The van der Waals surface area contributed by atoms with Gasteiger partial charge in [-0.1, -0.05) is 6.92 Å². The fraction of sp³-hybridized carbons (Fsp3) is 0.750. The Morgan fingerprint density at radius 2 is 2.18 bits per heavy atom. The van der Waals surface area contributed by atoms with Crippen LogP contribution in [0.15, 0.2) is 0 Å². The van der Waals surface area contributed by atoms with Crippen molar-refractivity contribution in [2.45, 2.75) is 26.8 Å². The third kappa shape index (κ3) is 4.26. The van der Waals surface area contributed by atoms with Crippen LogP contribution >= 0.6 is 11.3 Å². The van der Waals surface area contributed by atoms with Crippen LogP contribution in [-0.4, -0.2) is 38.8 Å². The van der Waals surface area contributed by atoms with Gasteiger partial charge in [-0.2, -0.15) is 0 Å². The fourth-order valence-electron chi connectivity index (χ4n) is 1.55. The number of likely N-dealkylation sites (N-methyl/N-ethyl adjacent to an activating group) is 1. The molecule has 0 aromatic carbocycles. The topological polar surface area (TPSA) is 37.4 Å². The number of nitrogens with one attached hydrogen (secondary N) is 1. The molecule has 17 heavy (non-hydrogen) atoms. The Hall–Kier alpha value is -0.650. The van der Waals surface area contributed by atoms with Gasteiger partial charge in [-0.25, -0.2) is 4.98 Å². The first-order chi connectivity index (χ1) is 8.22. The van der Waals surface area contributed by atoms with Crippen LogP contribution in [0.1, 0.15) is 24.4 Å². The van der Waals surface area contributed by atoms with Crippen molar-refractivity contribution in [1.29, 1.82) is 0 Å². The zero-order valence-corrected chi connectivity index (χ0v) is 12.1. The van der Waals surface area contributed by atoms with Crippen molar-refractivity contribution in [1.82, 2.24) is 10.3 Å². The lowest BCUT2D eigenvalue weighted by Gasteiger charge is -2.14. The minimum absolute atomic E-state index is 0.759.